The van der Waals surface area contributed by atoms with Crippen molar-refractivity contribution >= 4 is 27.5 Å². The van der Waals surface area contributed by atoms with Crippen LogP contribution in [-0.4, -0.2) is 0 Å². The lowest BCUT2D eigenvalue weighted by Crippen LogP contribution is -1.87. The highest BCUT2D eigenvalue weighted by Gasteiger charge is 2.04. The van der Waals surface area contributed by atoms with E-state index in [0.29, 0.717) is 16.5 Å². The predicted molar refractivity (Wildman–Crippen MR) is 70.6 cm³/mol. The van der Waals surface area contributed by atoms with E-state index in [0.717, 1.165) is 10.9 Å². The summed E-state index contributed by atoms with van der Waals surface area (Å²) in [5.41, 5.74) is 1.06. The zero-order valence-electron chi connectivity index (χ0n) is 8.79. The summed E-state index contributed by atoms with van der Waals surface area (Å²) in [6, 6.07) is 11.4. The Morgan fingerprint density at radius 2 is 2.00 bits per heavy atom. The van der Waals surface area contributed by atoms with Crippen molar-refractivity contribution in [1.82, 2.24) is 0 Å². The van der Waals surface area contributed by atoms with E-state index in [4.69, 9.17) is 16.3 Å². The van der Waals surface area contributed by atoms with Crippen LogP contribution in [0.1, 0.15) is 5.56 Å². The molecule has 0 unspecified atom stereocenters. The molecule has 0 heterocycles. The lowest BCUT2D eigenvalue weighted by atomic mass is 10.2. The van der Waals surface area contributed by atoms with Gasteiger partial charge in [-0.25, -0.2) is 4.39 Å². The zero-order chi connectivity index (χ0) is 12.3. The minimum absolute atomic E-state index is 0.337. The number of hydrogen-bond donors (Lipinski definition) is 0. The van der Waals surface area contributed by atoms with Gasteiger partial charge in [-0.3, -0.25) is 0 Å². The Labute approximate surface area is 112 Å². The SMILES string of the molecule is Fc1cccc(Oc2ccc(CBr)cc2Cl)c1. The van der Waals surface area contributed by atoms with E-state index in [9.17, 15) is 4.39 Å². The van der Waals surface area contributed by atoms with Gasteiger partial charge in [0.15, 0.2) is 0 Å². The van der Waals surface area contributed by atoms with Crippen molar-refractivity contribution in [3.63, 3.8) is 0 Å². The molecule has 4 heteroatoms. The van der Waals surface area contributed by atoms with Crippen molar-refractivity contribution in [2.45, 2.75) is 5.33 Å². The van der Waals surface area contributed by atoms with Gasteiger partial charge in [0, 0.05) is 11.4 Å². The van der Waals surface area contributed by atoms with Crippen LogP contribution in [-0.2, 0) is 5.33 Å². The van der Waals surface area contributed by atoms with E-state index >= 15 is 0 Å². The highest BCUT2D eigenvalue weighted by molar-refractivity contribution is 9.08. The first-order chi connectivity index (χ1) is 8.19. The Balaban J connectivity index is 2.24. The number of ether oxygens (including phenoxy) is 1. The average Bonchev–Trinajstić information content (AvgIpc) is 2.32. The molecule has 0 spiro atoms. The molecular formula is C13H9BrClFO. The molecule has 0 aliphatic rings. The van der Waals surface area contributed by atoms with Crippen LogP contribution in [0.5, 0.6) is 11.5 Å². The summed E-state index contributed by atoms with van der Waals surface area (Å²) in [6.07, 6.45) is 0. The van der Waals surface area contributed by atoms with Crippen molar-refractivity contribution in [2.24, 2.45) is 0 Å². The highest BCUT2D eigenvalue weighted by Crippen LogP contribution is 2.30. The Kier molecular flexibility index (Phi) is 4.02. The van der Waals surface area contributed by atoms with Crippen LogP contribution in [0.25, 0.3) is 0 Å². The van der Waals surface area contributed by atoms with Gasteiger partial charge in [-0.05, 0) is 29.8 Å². The summed E-state index contributed by atoms with van der Waals surface area (Å²) in [7, 11) is 0. The van der Waals surface area contributed by atoms with Crippen molar-refractivity contribution in [1.29, 1.82) is 0 Å². The molecule has 0 saturated carbocycles. The summed E-state index contributed by atoms with van der Waals surface area (Å²) in [5, 5.41) is 1.23. The summed E-state index contributed by atoms with van der Waals surface area (Å²) in [4.78, 5) is 0. The van der Waals surface area contributed by atoms with Crippen molar-refractivity contribution in [3.8, 4) is 11.5 Å². The molecule has 2 aromatic carbocycles. The maximum atomic E-state index is 13.0. The third-order valence-corrected chi connectivity index (χ3v) is 3.12. The van der Waals surface area contributed by atoms with Gasteiger partial charge in [0.1, 0.15) is 17.3 Å². The molecular weight excluding hydrogens is 306 g/mol. The monoisotopic (exact) mass is 314 g/mol. The third-order valence-electron chi connectivity index (χ3n) is 2.17. The van der Waals surface area contributed by atoms with Gasteiger partial charge in [-0.2, -0.15) is 0 Å². The van der Waals surface area contributed by atoms with Gasteiger partial charge >= 0.3 is 0 Å². The standard InChI is InChI=1S/C13H9BrClFO/c14-8-9-4-5-13(12(15)6-9)17-11-3-1-2-10(16)7-11/h1-7H,8H2. The molecule has 1 nitrogen and oxygen atoms in total. The van der Waals surface area contributed by atoms with E-state index in [-0.39, 0.29) is 5.82 Å². The van der Waals surface area contributed by atoms with Crippen LogP contribution in [0.4, 0.5) is 4.39 Å². The van der Waals surface area contributed by atoms with E-state index in [1.54, 1.807) is 18.2 Å². The number of halogens is 3. The Hall–Kier alpha value is -1.06. The molecule has 2 rings (SSSR count). The Morgan fingerprint density at radius 3 is 2.65 bits per heavy atom. The average molecular weight is 316 g/mol. The third kappa shape index (κ3) is 3.20. The first-order valence-electron chi connectivity index (χ1n) is 4.97. The second kappa shape index (κ2) is 5.52. The van der Waals surface area contributed by atoms with E-state index < -0.39 is 0 Å². The van der Waals surface area contributed by atoms with Gasteiger partial charge in [0.2, 0.25) is 0 Å². The Bertz CT molecular complexity index is 531. The first-order valence-corrected chi connectivity index (χ1v) is 6.47. The summed E-state index contributed by atoms with van der Waals surface area (Å²) in [6.45, 7) is 0. The molecule has 0 radical (unpaired) electrons. The van der Waals surface area contributed by atoms with Gasteiger partial charge in [-0.15, -0.1) is 0 Å². The maximum absolute atomic E-state index is 13.0. The van der Waals surface area contributed by atoms with Gasteiger partial charge < -0.3 is 4.74 Å². The summed E-state index contributed by atoms with van der Waals surface area (Å²) >= 11 is 9.40. The van der Waals surface area contributed by atoms with Crippen LogP contribution in [0.15, 0.2) is 42.5 Å². The van der Waals surface area contributed by atoms with Crippen molar-refractivity contribution < 1.29 is 9.13 Å². The van der Waals surface area contributed by atoms with Crippen LogP contribution < -0.4 is 4.74 Å². The van der Waals surface area contributed by atoms with Crippen LogP contribution in [0.2, 0.25) is 5.02 Å². The fraction of sp³-hybridized carbons (Fsp3) is 0.0769. The van der Waals surface area contributed by atoms with Crippen LogP contribution >= 0.6 is 27.5 Å². The quantitative estimate of drug-likeness (QED) is 0.710. The largest absolute Gasteiger partial charge is 0.456 e. The second-order valence-corrected chi connectivity index (χ2v) is 4.43. The number of alkyl halides is 1. The normalized spacial score (nSPS) is 10.3. The molecule has 0 aliphatic carbocycles. The topological polar surface area (TPSA) is 9.23 Å². The van der Waals surface area contributed by atoms with Gasteiger partial charge in [0.05, 0.1) is 5.02 Å². The first kappa shape index (κ1) is 12.4. The fourth-order valence-electron chi connectivity index (χ4n) is 1.37. The van der Waals surface area contributed by atoms with Crippen molar-refractivity contribution in [2.75, 3.05) is 0 Å². The van der Waals surface area contributed by atoms with Crippen LogP contribution in [0.3, 0.4) is 0 Å². The summed E-state index contributed by atoms with van der Waals surface area (Å²) < 4.78 is 18.5. The van der Waals surface area contributed by atoms with Gasteiger partial charge in [0.25, 0.3) is 0 Å². The van der Waals surface area contributed by atoms with E-state index in [1.807, 2.05) is 12.1 Å². The fourth-order valence-corrected chi connectivity index (χ4v) is 1.96. The predicted octanol–water partition coefficient (Wildman–Crippen LogP) is 5.17. The van der Waals surface area contributed by atoms with E-state index in [1.165, 1.54) is 12.1 Å². The molecule has 0 bridgehead atoms. The molecule has 0 aromatic heterocycles. The lowest BCUT2D eigenvalue weighted by molar-refractivity contribution is 0.477. The highest BCUT2D eigenvalue weighted by atomic mass is 79.9. The summed E-state index contributed by atoms with van der Waals surface area (Å²) in [5.74, 6) is 0.608. The molecule has 2 aromatic rings. The Morgan fingerprint density at radius 1 is 1.18 bits per heavy atom. The number of rotatable bonds is 3. The second-order valence-electron chi connectivity index (χ2n) is 3.46. The number of benzene rings is 2. The lowest BCUT2D eigenvalue weighted by Gasteiger charge is -2.08. The molecule has 0 amide bonds. The zero-order valence-corrected chi connectivity index (χ0v) is 11.1. The minimum Gasteiger partial charge on any atom is -0.456 e. The van der Waals surface area contributed by atoms with Crippen molar-refractivity contribution in [3.05, 3.63) is 58.9 Å². The number of hydrogen-bond acceptors (Lipinski definition) is 1. The maximum Gasteiger partial charge on any atom is 0.146 e. The molecule has 0 fully saturated rings. The van der Waals surface area contributed by atoms with E-state index in [2.05, 4.69) is 15.9 Å². The smallest absolute Gasteiger partial charge is 0.146 e. The molecule has 0 aliphatic heterocycles. The van der Waals surface area contributed by atoms with Crippen LogP contribution in [0, 0.1) is 5.82 Å². The molecule has 0 atom stereocenters. The molecule has 0 N–H and O–H groups in total. The molecule has 88 valence electrons. The minimum atomic E-state index is -0.337. The van der Waals surface area contributed by atoms with Gasteiger partial charge in [-0.1, -0.05) is 39.7 Å². The molecule has 0 saturated heterocycles. The molecule has 17 heavy (non-hydrogen) atoms.